The molecule has 0 saturated heterocycles. The van der Waals surface area contributed by atoms with E-state index >= 15 is 0 Å². The molecule has 4 nitrogen and oxygen atoms in total. The van der Waals surface area contributed by atoms with Gasteiger partial charge in [0.15, 0.2) is 0 Å². The first-order chi connectivity index (χ1) is 7.11. The van der Waals surface area contributed by atoms with Gasteiger partial charge in [-0.05, 0) is 20.3 Å². The lowest BCUT2D eigenvalue weighted by Gasteiger charge is -2.19. The first-order valence-electron chi connectivity index (χ1n) is 5.30. The van der Waals surface area contributed by atoms with E-state index in [1.807, 2.05) is 4.68 Å². The summed E-state index contributed by atoms with van der Waals surface area (Å²) in [5.41, 5.74) is 3.78. The lowest BCUT2D eigenvalue weighted by molar-refractivity contribution is 0.431. The van der Waals surface area contributed by atoms with E-state index in [0.29, 0.717) is 11.1 Å². The van der Waals surface area contributed by atoms with Crippen LogP contribution in [0.5, 0.6) is 0 Å². The third-order valence-electron chi connectivity index (χ3n) is 2.38. The highest BCUT2D eigenvalue weighted by atomic mass is 35.5. The van der Waals surface area contributed by atoms with Crippen LogP contribution in [0.2, 0.25) is 5.02 Å². The van der Waals surface area contributed by atoms with Crippen LogP contribution in [-0.2, 0) is 0 Å². The van der Waals surface area contributed by atoms with E-state index in [4.69, 9.17) is 17.4 Å². The molecule has 0 aliphatic carbocycles. The second-order valence-electron chi connectivity index (χ2n) is 3.92. The molecular formula is C10H19ClN4. The van der Waals surface area contributed by atoms with E-state index in [-0.39, 0.29) is 6.04 Å². The smallest absolute Gasteiger partial charge is 0.0834 e. The SMILES string of the molecule is CCCC(NN)c1c(Cl)cnn1C(C)C. The minimum absolute atomic E-state index is 0.0763. The van der Waals surface area contributed by atoms with Crippen molar-refractivity contribution < 1.29 is 0 Å². The van der Waals surface area contributed by atoms with Crippen LogP contribution < -0.4 is 11.3 Å². The Bertz CT molecular complexity index is 308. The van der Waals surface area contributed by atoms with Crippen LogP contribution in [0.1, 0.15) is 51.4 Å². The van der Waals surface area contributed by atoms with Crippen LogP contribution in [0.25, 0.3) is 0 Å². The first kappa shape index (κ1) is 12.5. The maximum atomic E-state index is 6.12. The zero-order chi connectivity index (χ0) is 11.4. The van der Waals surface area contributed by atoms with Crippen LogP contribution in [0, 0.1) is 0 Å². The molecule has 0 spiro atoms. The van der Waals surface area contributed by atoms with Crippen LogP contribution in [0.15, 0.2) is 6.20 Å². The maximum Gasteiger partial charge on any atom is 0.0834 e. The topological polar surface area (TPSA) is 55.9 Å². The van der Waals surface area contributed by atoms with Crippen LogP contribution in [0.3, 0.4) is 0 Å². The molecule has 1 atom stereocenters. The summed E-state index contributed by atoms with van der Waals surface area (Å²) in [6, 6.07) is 0.368. The largest absolute Gasteiger partial charge is 0.271 e. The molecule has 86 valence electrons. The van der Waals surface area contributed by atoms with Gasteiger partial charge in [0.05, 0.1) is 23.0 Å². The number of nitrogens with zero attached hydrogens (tertiary/aromatic N) is 2. The van der Waals surface area contributed by atoms with Gasteiger partial charge in [0.1, 0.15) is 0 Å². The molecule has 0 aliphatic rings. The summed E-state index contributed by atoms with van der Waals surface area (Å²) in [6.07, 6.45) is 3.68. The highest BCUT2D eigenvalue weighted by Crippen LogP contribution is 2.27. The quantitative estimate of drug-likeness (QED) is 0.604. The molecule has 0 aromatic carbocycles. The molecule has 1 unspecified atom stereocenters. The fourth-order valence-corrected chi connectivity index (χ4v) is 1.94. The zero-order valence-corrected chi connectivity index (χ0v) is 10.3. The molecule has 0 amide bonds. The Hall–Kier alpha value is -0.580. The van der Waals surface area contributed by atoms with Gasteiger partial charge in [-0.1, -0.05) is 24.9 Å². The summed E-state index contributed by atoms with van der Waals surface area (Å²) >= 11 is 6.12. The van der Waals surface area contributed by atoms with E-state index < -0.39 is 0 Å². The maximum absolute atomic E-state index is 6.12. The second kappa shape index (κ2) is 5.49. The van der Waals surface area contributed by atoms with Crippen molar-refractivity contribution >= 4 is 11.6 Å². The van der Waals surface area contributed by atoms with Crippen molar-refractivity contribution in [2.45, 2.75) is 45.7 Å². The number of nitrogens with one attached hydrogen (secondary N) is 1. The molecule has 0 radical (unpaired) electrons. The number of halogens is 1. The molecule has 3 N–H and O–H groups in total. The first-order valence-corrected chi connectivity index (χ1v) is 5.68. The monoisotopic (exact) mass is 230 g/mol. The Morgan fingerprint density at radius 3 is 2.73 bits per heavy atom. The average Bonchev–Trinajstić information content (AvgIpc) is 2.57. The minimum Gasteiger partial charge on any atom is -0.271 e. The summed E-state index contributed by atoms with van der Waals surface area (Å²) in [4.78, 5) is 0. The molecular weight excluding hydrogens is 212 g/mol. The van der Waals surface area contributed by atoms with Gasteiger partial charge in [-0.3, -0.25) is 16.0 Å². The van der Waals surface area contributed by atoms with Gasteiger partial charge in [-0.25, -0.2) is 0 Å². The minimum atomic E-state index is 0.0763. The zero-order valence-electron chi connectivity index (χ0n) is 9.50. The molecule has 1 heterocycles. The van der Waals surface area contributed by atoms with E-state index in [9.17, 15) is 0 Å². The lowest BCUT2D eigenvalue weighted by Crippen LogP contribution is -2.30. The third kappa shape index (κ3) is 2.71. The van der Waals surface area contributed by atoms with Crippen LogP contribution in [0.4, 0.5) is 0 Å². The summed E-state index contributed by atoms with van der Waals surface area (Å²) < 4.78 is 1.92. The van der Waals surface area contributed by atoms with E-state index in [1.165, 1.54) is 0 Å². The number of nitrogens with two attached hydrogens (primary N) is 1. The summed E-state index contributed by atoms with van der Waals surface area (Å²) in [5.74, 6) is 5.54. The fourth-order valence-electron chi connectivity index (χ4n) is 1.68. The molecule has 0 bridgehead atoms. The van der Waals surface area contributed by atoms with E-state index in [0.717, 1.165) is 18.5 Å². The standard InChI is InChI=1S/C10H19ClN4/c1-4-5-9(14-12)10-8(11)6-13-15(10)7(2)3/h6-7,9,14H,4-5,12H2,1-3H3. The Morgan fingerprint density at radius 2 is 2.27 bits per heavy atom. The van der Waals surface area contributed by atoms with Gasteiger partial charge in [0.25, 0.3) is 0 Å². The predicted octanol–water partition coefficient (Wildman–Crippen LogP) is 2.42. The normalized spacial score (nSPS) is 13.5. The van der Waals surface area contributed by atoms with Gasteiger partial charge in [0.2, 0.25) is 0 Å². The highest BCUT2D eigenvalue weighted by molar-refractivity contribution is 6.31. The van der Waals surface area contributed by atoms with Crippen molar-refractivity contribution in [3.05, 3.63) is 16.9 Å². The van der Waals surface area contributed by atoms with Gasteiger partial charge < -0.3 is 0 Å². The molecule has 1 aromatic rings. The van der Waals surface area contributed by atoms with Crippen molar-refractivity contribution in [3.8, 4) is 0 Å². The third-order valence-corrected chi connectivity index (χ3v) is 2.68. The lowest BCUT2D eigenvalue weighted by atomic mass is 10.1. The Labute approximate surface area is 95.8 Å². The van der Waals surface area contributed by atoms with Crippen LogP contribution in [-0.4, -0.2) is 9.78 Å². The van der Waals surface area contributed by atoms with Gasteiger partial charge in [-0.2, -0.15) is 5.10 Å². The molecule has 0 saturated carbocycles. The molecule has 0 fully saturated rings. The predicted molar refractivity (Wildman–Crippen MR) is 62.6 cm³/mol. The Balaban J connectivity index is 3.03. The molecule has 1 rings (SSSR count). The van der Waals surface area contributed by atoms with Crippen LogP contribution >= 0.6 is 11.6 Å². The number of rotatable bonds is 5. The summed E-state index contributed by atoms with van der Waals surface area (Å²) in [6.45, 7) is 6.27. The van der Waals surface area contributed by atoms with Gasteiger partial charge in [-0.15, -0.1) is 0 Å². The van der Waals surface area contributed by atoms with E-state index in [2.05, 4.69) is 31.3 Å². The second-order valence-corrected chi connectivity index (χ2v) is 4.33. The molecule has 1 aromatic heterocycles. The molecule has 15 heavy (non-hydrogen) atoms. The molecule has 5 heteroatoms. The fraction of sp³-hybridized carbons (Fsp3) is 0.700. The van der Waals surface area contributed by atoms with Crippen molar-refractivity contribution in [2.75, 3.05) is 0 Å². The number of hydrogen-bond donors (Lipinski definition) is 2. The average molecular weight is 231 g/mol. The van der Waals surface area contributed by atoms with Gasteiger partial charge in [0, 0.05) is 6.04 Å². The Morgan fingerprint density at radius 1 is 1.60 bits per heavy atom. The van der Waals surface area contributed by atoms with E-state index in [1.54, 1.807) is 6.20 Å². The van der Waals surface area contributed by atoms with Gasteiger partial charge >= 0.3 is 0 Å². The van der Waals surface area contributed by atoms with Crippen molar-refractivity contribution in [1.29, 1.82) is 0 Å². The molecule has 0 aliphatic heterocycles. The number of aromatic nitrogens is 2. The summed E-state index contributed by atoms with van der Waals surface area (Å²) in [7, 11) is 0. The number of hydrogen-bond acceptors (Lipinski definition) is 3. The van der Waals surface area contributed by atoms with Crippen molar-refractivity contribution in [2.24, 2.45) is 5.84 Å². The highest BCUT2D eigenvalue weighted by Gasteiger charge is 2.19. The van der Waals surface area contributed by atoms with Crippen molar-refractivity contribution in [1.82, 2.24) is 15.2 Å². The Kier molecular flexibility index (Phi) is 4.57. The number of hydrazine groups is 1. The van der Waals surface area contributed by atoms with Crippen molar-refractivity contribution in [3.63, 3.8) is 0 Å². The summed E-state index contributed by atoms with van der Waals surface area (Å²) in [5, 5.41) is 4.94.